The lowest BCUT2D eigenvalue weighted by Gasteiger charge is -2.12. The van der Waals surface area contributed by atoms with Crippen molar-refractivity contribution in [2.45, 2.75) is 44.8 Å². The van der Waals surface area contributed by atoms with Crippen LogP contribution in [0.2, 0.25) is 0 Å². The van der Waals surface area contributed by atoms with Gasteiger partial charge < -0.3 is 18.9 Å². The first kappa shape index (κ1) is 20.1. The Hall–Kier alpha value is -2.19. The first-order valence-corrected chi connectivity index (χ1v) is 8.85. The molecule has 1 unspecified atom stereocenters. The Kier molecular flexibility index (Phi) is 7.80. The van der Waals surface area contributed by atoms with Crippen molar-refractivity contribution in [3.05, 3.63) is 39.9 Å². The summed E-state index contributed by atoms with van der Waals surface area (Å²) < 4.78 is 20.7. The fourth-order valence-electron chi connectivity index (χ4n) is 2.50. The summed E-state index contributed by atoms with van der Waals surface area (Å²) in [5.41, 5.74) is 1.16. The van der Waals surface area contributed by atoms with E-state index < -0.39 is 16.9 Å². The highest BCUT2D eigenvalue weighted by atomic mass is 16.8. The van der Waals surface area contributed by atoms with Crippen molar-refractivity contribution < 1.29 is 28.7 Å². The monoisotopic (exact) mass is 367 g/mol. The number of carbonyl (C=O) groups excluding carboxylic acids is 1. The molecule has 0 spiro atoms. The Balaban J connectivity index is 1.48. The molecular formula is C18H25NO7. The summed E-state index contributed by atoms with van der Waals surface area (Å²) in [6.45, 7) is 3.69. The zero-order valence-electron chi connectivity index (χ0n) is 15.0. The molecule has 1 saturated heterocycles. The average Bonchev–Trinajstić information content (AvgIpc) is 3.37. The van der Waals surface area contributed by atoms with E-state index in [2.05, 4.69) is 0 Å². The van der Waals surface area contributed by atoms with Gasteiger partial charge in [-0.05, 0) is 38.2 Å². The zero-order valence-corrected chi connectivity index (χ0v) is 15.0. The number of unbranched alkanes of at least 4 members (excludes halogenated alkanes) is 1. The summed E-state index contributed by atoms with van der Waals surface area (Å²) in [5, 5.41) is 10.6. The number of rotatable bonds is 12. The second-order valence-electron chi connectivity index (χ2n) is 6.08. The third-order valence-corrected chi connectivity index (χ3v) is 4.00. The molecule has 0 radical (unpaired) electrons. The maximum absolute atomic E-state index is 11.3. The molecule has 1 atom stereocenters. The van der Waals surface area contributed by atoms with Gasteiger partial charge in [0.25, 0.3) is 5.69 Å². The Morgan fingerprint density at radius 1 is 1.23 bits per heavy atom. The van der Waals surface area contributed by atoms with Crippen LogP contribution in [-0.2, 0) is 25.4 Å². The van der Waals surface area contributed by atoms with Gasteiger partial charge in [-0.25, -0.2) is 4.79 Å². The molecule has 144 valence electrons. The van der Waals surface area contributed by atoms with E-state index in [9.17, 15) is 14.9 Å². The highest BCUT2D eigenvalue weighted by Gasteiger charge is 2.49. The summed E-state index contributed by atoms with van der Waals surface area (Å²) in [4.78, 5) is 21.5. The van der Waals surface area contributed by atoms with Crippen LogP contribution < -0.4 is 0 Å². The molecule has 1 fully saturated rings. The second-order valence-corrected chi connectivity index (χ2v) is 6.08. The van der Waals surface area contributed by atoms with Gasteiger partial charge >= 0.3 is 6.16 Å². The topological polar surface area (TPSA) is 100 Å². The molecular weight excluding hydrogens is 342 g/mol. The predicted octanol–water partition coefficient (Wildman–Crippen LogP) is 3.61. The highest BCUT2D eigenvalue weighted by molar-refractivity contribution is 5.60. The molecule has 1 aromatic rings. The van der Waals surface area contributed by atoms with Gasteiger partial charge in [0.15, 0.2) is 0 Å². The van der Waals surface area contributed by atoms with E-state index in [4.69, 9.17) is 18.9 Å². The van der Waals surface area contributed by atoms with Crippen LogP contribution >= 0.6 is 0 Å². The lowest BCUT2D eigenvalue weighted by atomic mass is 10.1. The van der Waals surface area contributed by atoms with Crippen LogP contribution in [0.1, 0.15) is 38.2 Å². The smallest absolute Gasteiger partial charge is 0.435 e. The van der Waals surface area contributed by atoms with Crippen molar-refractivity contribution in [2.75, 3.05) is 26.4 Å². The van der Waals surface area contributed by atoms with Crippen LogP contribution in [0.25, 0.3) is 0 Å². The molecule has 8 nitrogen and oxygen atoms in total. The van der Waals surface area contributed by atoms with Gasteiger partial charge in [-0.2, -0.15) is 0 Å². The molecule has 1 aliphatic heterocycles. The highest BCUT2D eigenvalue weighted by Crippen LogP contribution is 2.34. The fourth-order valence-corrected chi connectivity index (χ4v) is 2.50. The Morgan fingerprint density at radius 3 is 2.54 bits per heavy atom. The number of ether oxygens (including phenoxy) is 4. The van der Waals surface area contributed by atoms with E-state index in [1.165, 1.54) is 12.1 Å². The number of nitro groups is 1. The molecule has 1 aromatic carbocycles. The van der Waals surface area contributed by atoms with Gasteiger partial charge in [-0.3, -0.25) is 10.1 Å². The number of carbonyl (C=O) groups is 1. The molecule has 0 aromatic heterocycles. The number of non-ortho nitro benzene ring substituents is 1. The van der Waals surface area contributed by atoms with E-state index >= 15 is 0 Å². The van der Waals surface area contributed by atoms with Gasteiger partial charge in [0.05, 0.1) is 11.5 Å². The standard InChI is InChI=1S/C18H25NO7/c1-2-24-17(20)26-18(14-25-18)11-3-4-12-23-13-5-6-15-7-9-16(10-8-15)19(21)22/h7-10H,2-6,11-14H2,1H3. The van der Waals surface area contributed by atoms with Crippen molar-refractivity contribution in [2.24, 2.45) is 0 Å². The number of nitrogens with zero attached hydrogens (tertiary/aromatic N) is 1. The van der Waals surface area contributed by atoms with E-state index in [1.807, 2.05) is 0 Å². The van der Waals surface area contributed by atoms with Crippen LogP contribution in [0.15, 0.2) is 24.3 Å². The quantitative estimate of drug-likeness (QED) is 0.183. The number of epoxide rings is 1. The second kappa shape index (κ2) is 10.1. The van der Waals surface area contributed by atoms with Crippen molar-refractivity contribution in [3.8, 4) is 0 Å². The predicted molar refractivity (Wildman–Crippen MR) is 92.9 cm³/mol. The SMILES string of the molecule is CCOC(=O)OC1(CCCCOCCCc2ccc([N+](=O)[O-])cc2)CO1. The van der Waals surface area contributed by atoms with E-state index in [0.29, 0.717) is 26.2 Å². The summed E-state index contributed by atoms with van der Waals surface area (Å²) in [6, 6.07) is 6.59. The Bertz CT molecular complexity index is 584. The maximum Gasteiger partial charge on any atom is 0.510 e. The van der Waals surface area contributed by atoms with Crippen LogP contribution in [0, 0.1) is 10.1 Å². The van der Waals surface area contributed by atoms with Crippen LogP contribution in [0.5, 0.6) is 0 Å². The Labute approximate surface area is 152 Å². The summed E-state index contributed by atoms with van der Waals surface area (Å²) >= 11 is 0. The van der Waals surface area contributed by atoms with Crippen molar-refractivity contribution in [1.82, 2.24) is 0 Å². The van der Waals surface area contributed by atoms with E-state index in [1.54, 1.807) is 19.1 Å². The van der Waals surface area contributed by atoms with Gasteiger partial charge in [-0.15, -0.1) is 0 Å². The number of aryl methyl sites for hydroxylation is 1. The minimum absolute atomic E-state index is 0.106. The molecule has 0 N–H and O–H groups in total. The summed E-state index contributed by atoms with van der Waals surface area (Å²) in [5.74, 6) is -0.790. The number of benzene rings is 1. The molecule has 0 bridgehead atoms. The van der Waals surface area contributed by atoms with Crippen molar-refractivity contribution in [3.63, 3.8) is 0 Å². The molecule has 1 heterocycles. The first-order chi connectivity index (χ1) is 12.5. The maximum atomic E-state index is 11.3. The van der Waals surface area contributed by atoms with Gasteiger partial charge in [-0.1, -0.05) is 12.1 Å². The molecule has 8 heteroatoms. The molecule has 1 aliphatic rings. The van der Waals surface area contributed by atoms with Gasteiger partial charge in [0, 0.05) is 31.8 Å². The van der Waals surface area contributed by atoms with Crippen molar-refractivity contribution >= 4 is 11.8 Å². The zero-order chi connectivity index (χ0) is 18.8. The molecule has 26 heavy (non-hydrogen) atoms. The largest absolute Gasteiger partial charge is 0.510 e. The number of hydrogen-bond donors (Lipinski definition) is 0. The summed E-state index contributed by atoms with van der Waals surface area (Å²) in [6.07, 6.45) is 3.32. The fraction of sp³-hybridized carbons (Fsp3) is 0.611. The third kappa shape index (κ3) is 6.97. The summed E-state index contributed by atoms with van der Waals surface area (Å²) in [7, 11) is 0. The van der Waals surface area contributed by atoms with E-state index in [-0.39, 0.29) is 12.3 Å². The third-order valence-electron chi connectivity index (χ3n) is 4.00. The normalized spacial score (nSPS) is 18.3. The Morgan fingerprint density at radius 2 is 1.92 bits per heavy atom. The number of hydrogen-bond acceptors (Lipinski definition) is 7. The van der Waals surface area contributed by atoms with Gasteiger partial charge in [0.2, 0.25) is 5.79 Å². The lowest BCUT2D eigenvalue weighted by molar-refractivity contribution is -0.384. The lowest BCUT2D eigenvalue weighted by Crippen LogP contribution is -2.22. The molecule has 2 rings (SSSR count). The number of nitro benzene ring substituents is 1. The van der Waals surface area contributed by atoms with E-state index in [0.717, 1.165) is 31.2 Å². The van der Waals surface area contributed by atoms with Crippen LogP contribution in [-0.4, -0.2) is 43.3 Å². The average molecular weight is 367 g/mol. The molecule has 0 aliphatic carbocycles. The first-order valence-electron chi connectivity index (χ1n) is 8.85. The van der Waals surface area contributed by atoms with Gasteiger partial charge in [0.1, 0.15) is 6.61 Å². The minimum atomic E-state index is -0.790. The van der Waals surface area contributed by atoms with Crippen molar-refractivity contribution in [1.29, 1.82) is 0 Å². The molecule has 0 saturated carbocycles. The minimum Gasteiger partial charge on any atom is -0.435 e. The molecule has 0 amide bonds. The van der Waals surface area contributed by atoms with Crippen LogP contribution in [0.4, 0.5) is 10.5 Å². The van der Waals surface area contributed by atoms with Crippen LogP contribution in [0.3, 0.4) is 0 Å².